The maximum absolute atomic E-state index is 12.4. The Bertz CT molecular complexity index is 511. The van der Waals surface area contributed by atoms with E-state index in [0.29, 0.717) is 5.41 Å². The molecule has 0 unspecified atom stereocenters. The number of nitrogens with one attached hydrogen (secondary N) is 1. The molecule has 1 heterocycles. The van der Waals surface area contributed by atoms with E-state index >= 15 is 0 Å². The lowest BCUT2D eigenvalue weighted by Gasteiger charge is -2.36. The highest BCUT2D eigenvalue weighted by Crippen LogP contribution is 2.40. The lowest BCUT2D eigenvalue weighted by molar-refractivity contribution is -0.121. The topological polar surface area (TPSA) is 46.9 Å². The fourth-order valence-corrected chi connectivity index (χ4v) is 3.22. The van der Waals surface area contributed by atoms with E-state index in [1.165, 1.54) is 0 Å². The number of hydrogen-bond acceptors (Lipinski definition) is 2. The molecule has 0 bridgehead atoms. The Morgan fingerprint density at radius 3 is 2.18 bits per heavy atom. The van der Waals surface area contributed by atoms with Crippen molar-refractivity contribution in [3.8, 4) is 0 Å². The van der Waals surface area contributed by atoms with Crippen molar-refractivity contribution in [1.29, 1.82) is 0 Å². The van der Waals surface area contributed by atoms with Crippen LogP contribution in [0.5, 0.6) is 0 Å². The van der Waals surface area contributed by atoms with E-state index in [-0.39, 0.29) is 17.4 Å². The van der Waals surface area contributed by atoms with Crippen molar-refractivity contribution in [3.05, 3.63) is 12.4 Å². The minimum Gasteiger partial charge on any atom is -0.323 e. The molecule has 4 nitrogen and oxygen atoms in total. The first-order valence-electron chi connectivity index (χ1n) is 8.43. The molecule has 0 atom stereocenters. The highest BCUT2D eigenvalue weighted by atomic mass is 16.1. The Labute approximate surface area is 134 Å². The summed E-state index contributed by atoms with van der Waals surface area (Å²) in [6.07, 6.45) is 7.97. The highest BCUT2D eigenvalue weighted by Gasteiger charge is 2.32. The van der Waals surface area contributed by atoms with Gasteiger partial charge in [-0.3, -0.25) is 9.48 Å². The highest BCUT2D eigenvalue weighted by molar-refractivity contribution is 5.92. The number of rotatable bonds is 2. The van der Waals surface area contributed by atoms with Crippen LogP contribution in [0.2, 0.25) is 0 Å². The van der Waals surface area contributed by atoms with Gasteiger partial charge in [-0.15, -0.1) is 0 Å². The van der Waals surface area contributed by atoms with Gasteiger partial charge in [-0.25, -0.2) is 0 Å². The predicted molar refractivity (Wildman–Crippen MR) is 90.8 cm³/mol. The van der Waals surface area contributed by atoms with E-state index < -0.39 is 0 Å². The molecule has 1 aromatic rings. The largest absolute Gasteiger partial charge is 0.323 e. The van der Waals surface area contributed by atoms with Gasteiger partial charge in [0, 0.05) is 12.1 Å². The first-order chi connectivity index (χ1) is 10.1. The summed E-state index contributed by atoms with van der Waals surface area (Å²) in [4.78, 5) is 12.4. The first-order valence-corrected chi connectivity index (χ1v) is 8.43. The Hall–Kier alpha value is -1.32. The van der Waals surface area contributed by atoms with E-state index in [2.05, 4.69) is 52.0 Å². The van der Waals surface area contributed by atoms with Gasteiger partial charge in [-0.1, -0.05) is 20.8 Å². The summed E-state index contributed by atoms with van der Waals surface area (Å²) >= 11 is 0. The third kappa shape index (κ3) is 4.11. The van der Waals surface area contributed by atoms with Crippen LogP contribution in [-0.2, 0) is 10.3 Å². The second-order valence-electron chi connectivity index (χ2n) is 8.75. The first kappa shape index (κ1) is 17.0. The van der Waals surface area contributed by atoms with E-state index in [1.807, 2.05) is 10.9 Å². The smallest absolute Gasteiger partial charge is 0.227 e. The number of anilines is 1. The Morgan fingerprint density at radius 2 is 1.73 bits per heavy atom. The number of carbonyl (C=O) groups is 1. The SMILES string of the molecule is CC(C)(C)C1CCC(C(=O)Nc2cnn(C(C)(C)C)c2)CC1. The molecule has 0 radical (unpaired) electrons. The van der Waals surface area contributed by atoms with Crippen LogP contribution in [0, 0.1) is 17.3 Å². The zero-order chi connectivity index (χ0) is 16.5. The van der Waals surface area contributed by atoms with E-state index in [4.69, 9.17) is 0 Å². The average Bonchev–Trinajstić information content (AvgIpc) is 2.86. The van der Waals surface area contributed by atoms with E-state index in [9.17, 15) is 4.79 Å². The third-order valence-electron chi connectivity index (χ3n) is 4.86. The van der Waals surface area contributed by atoms with Crippen LogP contribution < -0.4 is 5.32 Å². The van der Waals surface area contributed by atoms with Crippen LogP contribution in [-0.4, -0.2) is 15.7 Å². The molecule has 1 amide bonds. The summed E-state index contributed by atoms with van der Waals surface area (Å²) in [6.45, 7) is 13.2. The van der Waals surface area contributed by atoms with Gasteiger partial charge in [0.1, 0.15) is 0 Å². The van der Waals surface area contributed by atoms with Gasteiger partial charge >= 0.3 is 0 Å². The van der Waals surface area contributed by atoms with Crippen LogP contribution >= 0.6 is 0 Å². The Balaban J connectivity index is 1.90. The summed E-state index contributed by atoms with van der Waals surface area (Å²) in [5.74, 6) is 1.04. The number of hydrogen-bond donors (Lipinski definition) is 1. The molecule has 1 aliphatic carbocycles. The molecule has 124 valence electrons. The fraction of sp³-hybridized carbons (Fsp3) is 0.778. The normalized spacial score (nSPS) is 23.4. The van der Waals surface area contributed by atoms with Gasteiger partial charge in [-0.05, 0) is 57.8 Å². The molecule has 1 aliphatic rings. The van der Waals surface area contributed by atoms with Crippen molar-refractivity contribution in [3.63, 3.8) is 0 Å². The standard InChI is InChI=1S/C18H31N3O/c1-17(2,3)14-9-7-13(8-10-14)16(22)20-15-11-19-21(12-15)18(4,5)6/h11-14H,7-10H2,1-6H3,(H,20,22). The van der Waals surface area contributed by atoms with Gasteiger partial charge in [0.05, 0.1) is 17.4 Å². The third-order valence-corrected chi connectivity index (χ3v) is 4.86. The van der Waals surface area contributed by atoms with Gasteiger partial charge in [-0.2, -0.15) is 5.10 Å². The molecular formula is C18H31N3O. The molecule has 1 N–H and O–H groups in total. The minimum absolute atomic E-state index is 0.0618. The zero-order valence-corrected chi connectivity index (χ0v) is 14.9. The summed E-state index contributed by atoms with van der Waals surface area (Å²) in [6, 6.07) is 0. The number of amides is 1. The van der Waals surface area contributed by atoms with Crippen molar-refractivity contribution in [1.82, 2.24) is 9.78 Å². The Morgan fingerprint density at radius 1 is 1.14 bits per heavy atom. The molecule has 1 fully saturated rings. The monoisotopic (exact) mass is 305 g/mol. The van der Waals surface area contributed by atoms with Crippen molar-refractivity contribution in [2.24, 2.45) is 17.3 Å². The maximum Gasteiger partial charge on any atom is 0.227 e. The fourth-order valence-electron chi connectivity index (χ4n) is 3.22. The summed E-state index contributed by atoms with van der Waals surface area (Å²) in [7, 11) is 0. The van der Waals surface area contributed by atoms with Crippen molar-refractivity contribution >= 4 is 11.6 Å². The second kappa shape index (κ2) is 6.05. The number of carbonyl (C=O) groups excluding carboxylic acids is 1. The van der Waals surface area contributed by atoms with E-state index in [1.54, 1.807) is 6.20 Å². The molecular weight excluding hydrogens is 274 g/mol. The summed E-state index contributed by atoms with van der Waals surface area (Å²) in [5.41, 5.74) is 1.10. The van der Waals surface area contributed by atoms with Crippen LogP contribution in [0.4, 0.5) is 5.69 Å². The zero-order valence-electron chi connectivity index (χ0n) is 14.9. The quantitative estimate of drug-likeness (QED) is 0.878. The molecule has 0 aromatic carbocycles. The van der Waals surface area contributed by atoms with Crippen LogP contribution in [0.1, 0.15) is 67.2 Å². The molecule has 22 heavy (non-hydrogen) atoms. The Kier molecular flexibility index (Phi) is 4.69. The van der Waals surface area contributed by atoms with Crippen LogP contribution in [0.3, 0.4) is 0 Å². The lowest BCUT2D eigenvalue weighted by atomic mass is 9.69. The number of aromatic nitrogens is 2. The van der Waals surface area contributed by atoms with Crippen LogP contribution in [0.25, 0.3) is 0 Å². The molecule has 0 spiro atoms. The van der Waals surface area contributed by atoms with Gasteiger partial charge in [0.15, 0.2) is 0 Å². The minimum atomic E-state index is -0.0618. The predicted octanol–water partition coefficient (Wildman–Crippen LogP) is 4.43. The summed E-state index contributed by atoms with van der Waals surface area (Å²) in [5, 5.41) is 7.37. The second-order valence-corrected chi connectivity index (χ2v) is 8.75. The molecule has 1 saturated carbocycles. The van der Waals surface area contributed by atoms with Crippen molar-refractivity contribution in [2.45, 2.75) is 72.8 Å². The lowest BCUT2D eigenvalue weighted by Crippen LogP contribution is -2.31. The van der Waals surface area contributed by atoms with Crippen molar-refractivity contribution in [2.75, 3.05) is 5.32 Å². The van der Waals surface area contributed by atoms with Crippen LogP contribution in [0.15, 0.2) is 12.4 Å². The molecule has 4 heteroatoms. The van der Waals surface area contributed by atoms with Gasteiger partial charge in [0.2, 0.25) is 5.91 Å². The molecule has 1 aromatic heterocycles. The van der Waals surface area contributed by atoms with Gasteiger partial charge in [0.25, 0.3) is 0 Å². The maximum atomic E-state index is 12.4. The van der Waals surface area contributed by atoms with Gasteiger partial charge < -0.3 is 5.32 Å². The molecule has 0 aliphatic heterocycles. The molecule has 2 rings (SSSR count). The summed E-state index contributed by atoms with van der Waals surface area (Å²) < 4.78 is 1.89. The number of nitrogens with zero attached hydrogens (tertiary/aromatic N) is 2. The molecule has 0 saturated heterocycles. The van der Waals surface area contributed by atoms with E-state index in [0.717, 1.165) is 37.3 Å². The van der Waals surface area contributed by atoms with Crippen molar-refractivity contribution < 1.29 is 4.79 Å². The average molecular weight is 305 g/mol.